The molecule has 0 spiro atoms. The molecule has 0 bridgehead atoms. The van der Waals surface area contributed by atoms with Gasteiger partial charge in [-0.25, -0.2) is 9.78 Å². The number of methoxy groups -OCH3 is 1. The number of benzene rings is 1. The number of nitrogens with zero attached hydrogens (tertiary/aromatic N) is 6. The summed E-state index contributed by atoms with van der Waals surface area (Å²) in [5, 5.41) is 21.1. The molecule has 2 aliphatic rings. The first kappa shape index (κ1) is 26.9. The minimum Gasteiger partial charge on any atom is -0.507 e. The standard InChI is InChI=1S/C27H32N8O5/c1-6-23(37)29-19-13-40-14-20(19)30-26-28-10-17-11-34(24-15(2)21(36)9-22(39-5)16(24)3)27(38)35(25(17)31-26)12-18-7-8-33(4)32-18/h6-10,19-20,36H,1,11-14H2,2-5H3,(H,29,37)(H,28,30,31). The van der Waals surface area contributed by atoms with Crippen molar-refractivity contribution in [2.45, 2.75) is 39.0 Å². The normalized spacial score (nSPS) is 18.4. The molecule has 4 heterocycles. The van der Waals surface area contributed by atoms with Gasteiger partial charge in [-0.3, -0.25) is 19.3 Å². The molecule has 0 aliphatic carbocycles. The van der Waals surface area contributed by atoms with Gasteiger partial charge >= 0.3 is 6.03 Å². The molecular formula is C27H32N8O5. The molecule has 1 aromatic carbocycles. The number of hydrogen-bond donors (Lipinski definition) is 3. The molecule has 1 fully saturated rings. The lowest BCUT2D eigenvalue weighted by atomic mass is 10.0. The van der Waals surface area contributed by atoms with Crippen molar-refractivity contribution < 1.29 is 24.2 Å². The largest absolute Gasteiger partial charge is 0.507 e. The number of phenolic OH excluding ortho intramolecular Hbond substituents is 1. The summed E-state index contributed by atoms with van der Waals surface area (Å²) in [6, 6.07) is 2.48. The SMILES string of the molecule is C=CC(=O)NC1COCC1Nc1ncc2c(n1)N(Cc1ccn(C)n1)C(=O)N(c1c(C)c(O)cc(OC)c1C)C2. The van der Waals surface area contributed by atoms with Crippen LogP contribution < -0.4 is 25.2 Å². The number of amides is 3. The molecule has 2 aliphatic heterocycles. The second-order valence-corrected chi connectivity index (χ2v) is 9.78. The van der Waals surface area contributed by atoms with Crippen LogP contribution in [-0.2, 0) is 29.7 Å². The van der Waals surface area contributed by atoms with E-state index in [9.17, 15) is 14.7 Å². The van der Waals surface area contributed by atoms with E-state index in [4.69, 9.17) is 14.5 Å². The number of nitrogens with one attached hydrogen (secondary N) is 2. The maximum Gasteiger partial charge on any atom is 0.330 e. The highest BCUT2D eigenvalue weighted by molar-refractivity contribution is 6.06. The second kappa shape index (κ2) is 10.8. The van der Waals surface area contributed by atoms with Crippen molar-refractivity contribution in [3.63, 3.8) is 0 Å². The number of aromatic hydroxyl groups is 1. The zero-order valence-corrected chi connectivity index (χ0v) is 22.8. The Morgan fingerprint density at radius 3 is 2.77 bits per heavy atom. The summed E-state index contributed by atoms with van der Waals surface area (Å²) < 4.78 is 12.7. The fourth-order valence-corrected chi connectivity index (χ4v) is 5.04. The molecule has 3 aromatic rings. The molecule has 210 valence electrons. The number of aryl methyl sites for hydroxylation is 1. The third kappa shape index (κ3) is 5.02. The van der Waals surface area contributed by atoms with E-state index in [1.807, 2.05) is 26.2 Å². The van der Waals surface area contributed by atoms with Crippen LogP contribution in [0.2, 0.25) is 0 Å². The third-order valence-electron chi connectivity index (χ3n) is 7.11. The number of aromatic nitrogens is 4. The molecule has 13 heteroatoms. The van der Waals surface area contributed by atoms with Gasteiger partial charge in [-0.1, -0.05) is 6.58 Å². The van der Waals surface area contributed by atoms with Crippen molar-refractivity contribution in [2.75, 3.05) is 35.4 Å². The molecule has 0 radical (unpaired) electrons. The van der Waals surface area contributed by atoms with E-state index in [1.54, 1.807) is 33.7 Å². The minimum atomic E-state index is -0.332. The molecular weight excluding hydrogens is 516 g/mol. The Morgan fingerprint density at radius 1 is 1.30 bits per heavy atom. The number of carbonyl (C=O) groups excluding carboxylic acids is 2. The highest BCUT2D eigenvalue weighted by Gasteiger charge is 2.37. The topological polar surface area (TPSA) is 147 Å². The molecule has 40 heavy (non-hydrogen) atoms. The van der Waals surface area contributed by atoms with E-state index in [0.717, 1.165) is 5.56 Å². The smallest absolute Gasteiger partial charge is 0.330 e. The third-order valence-corrected chi connectivity index (χ3v) is 7.11. The number of carbonyl (C=O) groups is 2. The molecule has 3 N–H and O–H groups in total. The van der Waals surface area contributed by atoms with Gasteiger partial charge in [-0.05, 0) is 26.0 Å². The van der Waals surface area contributed by atoms with Gasteiger partial charge < -0.3 is 25.2 Å². The van der Waals surface area contributed by atoms with Crippen molar-refractivity contribution >= 4 is 29.4 Å². The van der Waals surface area contributed by atoms with Crippen LogP contribution in [0.4, 0.5) is 22.2 Å². The molecule has 2 aromatic heterocycles. The van der Waals surface area contributed by atoms with Gasteiger partial charge in [0.15, 0.2) is 0 Å². The van der Waals surface area contributed by atoms with Crippen molar-refractivity contribution in [1.29, 1.82) is 0 Å². The number of rotatable bonds is 8. The predicted octanol–water partition coefficient (Wildman–Crippen LogP) is 2.17. The van der Waals surface area contributed by atoms with E-state index in [2.05, 4.69) is 27.3 Å². The Kier molecular flexibility index (Phi) is 7.30. The van der Waals surface area contributed by atoms with Gasteiger partial charge in [0, 0.05) is 42.2 Å². The van der Waals surface area contributed by atoms with Crippen LogP contribution in [0.25, 0.3) is 0 Å². The maximum atomic E-state index is 14.1. The summed E-state index contributed by atoms with van der Waals surface area (Å²) in [4.78, 5) is 38.3. The van der Waals surface area contributed by atoms with Gasteiger partial charge in [0.25, 0.3) is 0 Å². The van der Waals surface area contributed by atoms with Gasteiger partial charge in [-0.15, -0.1) is 0 Å². The highest BCUT2D eigenvalue weighted by atomic mass is 16.5. The number of ether oxygens (including phenoxy) is 2. The lowest BCUT2D eigenvalue weighted by molar-refractivity contribution is -0.117. The summed E-state index contributed by atoms with van der Waals surface area (Å²) in [6.45, 7) is 8.15. The van der Waals surface area contributed by atoms with Crippen LogP contribution in [0.15, 0.2) is 37.2 Å². The summed E-state index contributed by atoms with van der Waals surface area (Å²) in [7, 11) is 3.33. The van der Waals surface area contributed by atoms with Crippen molar-refractivity contribution in [3.05, 3.63) is 59.6 Å². The van der Waals surface area contributed by atoms with Crippen LogP contribution in [0, 0.1) is 13.8 Å². The fraction of sp³-hybridized carbons (Fsp3) is 0.370. The molecule has 3 amide bonds. The second-order valence-electron chi connectivity index (χ2n) is 9.78. The van der Waals surface area contributed by atoms with Gasteiger partial charge in [0.05, 0.1) is 56.9 Å². The lowest BCUT2D eigenvalue weighted by Gasteiger charge is -2.37. The maximum absolute atomic E-state index is 14.1. The minimum absolute atomic E-state index is 0.0278. The number of hydrogen-bond acceptors (Lipinski definition) is 9. The first-order valence-electron chi connectivity index (χ1n) is 12.8. The number of fused-ring (bicyclic) bond motifs is 1. The van der Waals surface area contributed by atoms with Crippen molar-refractivity contribution in [2.24, 2.45) is 7.05 Å². The van der Waals surface area contributed by atoms with Crippen LogP contribution in [0.5, 0.6) is 11.5 Å². The average Bonchev–Trinajstić information content (AvgIpc) is 3.56. The van der Waals surface area contributed by atoms with E-state index >= 15 is 0 Å². The zero-order chi connectivity index (χ0) is 28.6. The summed E-state index contributed by atoms with van der Waals surface area (Å²) in [5.74, 6) is 0.943. The molecule has 5 rings (SSSR count). The van der Waals surface area contributed by atoms with E-state index in [1.165, 1.54) is 13.2 Å². The Bertz CT molecular complexity index is 1470. The van der Waals surface area contributed by atoms with Crippen LogP contribution in [0.1, 0.15) is 22.4 Å². The zero-order valence-electron chi connectivity index (χ0n) is 22.8. The highest BCUT2D eigenvalue weighted by Crippen LogP contribution is 2.41. The summed E-state index contributed by atoms with van der Waals surface area (Å²) in [6.07, 6.45) is 4.69. The Balaban J connectivity index is 1.52. The first-order chi connectivity index (χ1) is 19.2. The van der Waals surface area contributed by atoms with E-state index in [0.29, 0.717) is 53.2 Å². The Hall–Kier alpha value is -4.65. The monoisotopic (exact) mass is 548 g/mol. The number of urea groups is 1. The van der Waals surface area contributed by atoms with Crippen LogP contribution in [-0.4, -0.2) is 69.2 Å². The molecule has 1 saturated heterocycles. The Morgan fingerprint density at radius 2 is 2.08 bits per heavy atom. The van der Waals surface area contributed by atoms with Crippen molar-refractivity contribution in [3.8, 4) is 11.5 Å². The van der Waals surface area contributed by atoms with Crippen molar-refractivity contribution in [1.82, 2.24) is 25.1 Å². The summed E-state index contributed by atoms with van der Waals surface area (Å²) in [5.41, 5.74) is 3.22. The van der Waals surface area contributed by atoms with Crippen LogP contribution in [0.3, 0.4) is 0 Å². The average molecular weight is 549 g/mol. The number of anilines is 3. The van der Waals surface area contributed by atoms with Gasteiger partial charge in [0.2, 0.25) is 11.9 Å². The molecule has 0 saturated carbocycles. The van der Waals surface area contributed by atoms with E-state index < -0.39 is 0 Å². The van der Waals surface area contributed by atoms with Gasteiger partial charge in [-0.2, -0.15) is 10.1 Å². The lowest BCUT2D eigenvalue weighted by Crippen LogP contribution is -2.48. The van der Waals surface area contributed by atoms with Crippen LogP contribution >= 0.6 is 0 Å². The predicted molar refractivity (Wildman–Crippen MR) is 147 cm³/mol. The first-order valence-corrected chi connectivity index (χ1v) is 12.8. The van der Waals surface area contributed by atoms with E-state index in [-0.39, 0.29) is 42.9 Å². The Labute approximate surface area is 231 Å². The molecule has 2 atom stereocenters. The van der Waals surface area contributed by atoms with Gasteiger partial charge in [0.1, 0.15) is 17.3 Å². The summed E-state index contributed by atoms with van der Waals surface area (Å²) >= 11 is 0. The molecule has 13 nitrogen and oxygen atoms in total. The molecule has 2 unspecified atom stereocenters. The quantitative estimate of drug-likeness (QED) is 0.360. The fourth-order valence-electron chi connectivity index (χ4n) is 5.04. The number of phenols is 1.